The van der Waals surface area contributed by atoms with Crippen LogP contribution in [0.3, 0.4) is 0 Å². The minimum atomic E-state index is -0.378. The number of amides is 1. The summed E-state index contributed by atoms with van der Waals surface area (Å²) in [7, 11) is 1.69. The SMILES string of the molecule is COCCc1ccc(-c2csc(NC(=O)CCc3ncc(-c4ccccc4F)o3)n2)cc1. The summed E-state index contributed by atoms with van der Waals surface area (Å²) in [4.78, 5) is 21.0. The number of methoxy groups -OCH3 is 1. The Morgan fingerprint density at radius 3 is 2.75 bits per heavy atom. The maximum atomic E-state index is 13.9. The lowest BCUT2D eigenvalue weighted by molar-refractivity contribution is -0.116. The van der Waals surface area contributed by atoms with E-state index in [1.807, 2.05) is 17.5 Å². The van der Waals surface area contributed by atoms with Gasteiger partial charge < -0.3 is 14.5 Å². The smallest absolute Gasteiger partial charge is 0.226 e. The fraction of sp³-hybridized carbons (Fsp3) is 0.208. The van der Waals surface area contributed by atoms with Crippen LogP contribution >= 0.6 is 11.3 Å². The van der Waals surface area contributed by atoms with Crippen molar-refractivity contribution in [2.24, 2.45) is 0 Å². The molecule has 0 fully saturated rings. The predicted molar refractivity (Wildman–Crippen MR) is 122 cm³/mol. The van der Waals surface area contributed by atoms with Gasteiger partial charge in [-0.05, 0) is 24.1 Å². The molecule has 4 aromatic rings. The van der Waals surface area contributed by atoms with Crippen molar-refractivity contribution in [1.82, 2.24) is 9.97 Å². The van der Waals surface area contributed by atoms with E-state index in [0.29, 0.717) is 35.4 Å². The Balaban J connectivity index is 1.31. The number of anilines is 1. The lowest BCUT2D eigenvalue weighted by atomic mass is 10.1. The quantitative estimate of drug-likeness (QED) is 0.370. The van der Waals surface area contributed by atoms with Crippen molar-refractivity contribution >= 4 is 22.4 Å². The molecule has 164 valence electrons. The van der Waals surface area contributed by atoms with Crippen molar-refractivity contribution in [2.75, 3.05) is 19.0 Å². The minimum absolute atomic E-state index is 0.181. The van der Waals surface area contributed by atoms with Crippen molar-refractivity contribution in [2.45, 2.75) is 19.3 Å². The van der Waals surface area contributed by atoms with Crippen molar-refractivity contribution in [3.8, 4) is 22.6 Å². The molecule has 2 aromatic heterocycles. The molecular formula is C24H22FN3O3S. The van der Waals surface area contributed by atoms with Gasteiger partial charge in [0.2, 0.25) is 5.91 Å². The number of thiazole rings is 1. The Labute approximate surface area is 189 Å². The van der Waals surface area contributed by atoms with Crippen LogP contribution in [0.15, 0.2) is 64.5 Å². The van der Waals surface area contributed by atoms with E-state index in [2.05, 4.69) is 27.4 Å². The average molecular weight is 452 g/mol. The van der Waals surface area contributed by atoms with E-state index >= 15 is 0 Å². The first-order chi connectivity index (χ1) is 15.6. The van der Waals surface area contributed by atoms with Crippen LogP contribution in [0.5, 0.6) is 0 Å². The normalized spacial score (nSPS) is 10.9. The van der Waals surface area contributed by atoms with Crippen molar-refractivity contribution in [1.29, 1.82) is 0 Å². The molecule has 0 saturated carbocycles. The summed E-state index contributed by atoms with van der Waals surface area (Å²) < 4.78 is 24.6. The molecule has 2 heterocycles. The third-order valence-electron chi connectivity index (χ3n) is 4.85. The second-order valence-corrected chi connectivity index (χ2v) is 7.98. The molecule has 0 spiro atoms. The Hall–Kier alpha value is -3.36. The van der Waals surface area contributed by atoms with Crippen LogP contribution in [0.2, 0.25) is 0 Å². The first-order valence-corrected chi connectivity index (χ1v) is 11.0. The van der Waals surface area contributed by atoms with E-state index in [1.54, 1.807) is 25.3 Å². The van der Waals surface area contributed by atoms with Crippen molar-refractivity contribution in [3.63, 3.8) is 0 Å². The molecule has 0 aliphatic heterocycles. The number of carbonyl (C=O) groups is 1. The van der Waals surface area contributed by atoms with Crippen LogP contribution in [0.1, 0.15) is 17.9 Å². The number of carbonyl (C=O) groups excluding carboxylic acids is 1. The highest BCUT2D eigenvalue weighted by Crippen LogP contribution is 2.26. The fourth-order valence-electron chi connectivity index (χ4n) is 3.14. The minimum Gasteiger partial charge on any atom is -0.441 e. The number of rotatable bonds is 9. The van der Waals surface area contributed by atoms with Gasteiger partial charge in [-0.1, -0.05) is 36.4 Å². The van der Waals surface area contributed by atoms with Crippen molar-refractivity contribution in [3.05, 3.63) is 77.4 Å². The molecule has 0 saturated heterocycles. The standard InChI is InChI=1S/C24H22FN3O3S/c1-30-13-12-16-6-8-17(9-7-16)20-15-32-24(27-20)28-22(29)10-11-23-26-14-21(31-23)18-4-2-3-5-19(18)25/h2-9,14-15H,10-13H2,1H3,(H,27,28,29). The monoisotopic (exact) mass is 451 g/mol. The maximum absolute atomic E-state index is 13.9. The topological polar surface area (TPSA) is 77.2 Å². The molecule has 0 unspecified atom stereocenters. The zero-order valence-corrected chi connectivity index (χ0v) is 18.3. The summed E-state index contributed by atoms with van der Waals surface area (Å²) in [6, 6.07) is 14.5. The lowest BCUT2D eigenvalue weighted by Gasteiger charge is -2.02. The zero-order valence-electron chi connectivity index (χ0n) is 17.5. The molecule has 0 aliphatic carbocycles. The number of oxazole rings is 1. The van der Waals surface area contributed by atoms with Gasteiger partial charge in [0.05, 0.1) is 24.1 Å². The molecule has 1 amide bonds. The summed E-state index contributed by atoms with van der Waals surface area (Å²) in [6.07, 6.45) is 2.82. The number of nitrogens with one attached hydrogen (secondary N) is 1. The lowest BCUT2D eigenvalue weighted by Crippen LogP contribution is -2.12. The van der Waals surface area contributed by atoms with Crippen LogP contribution in [-0.4, -0.2) is 29.6 Å². The second kappa shape index (κ2) is 10.3. The number of ether oxygens (including phenoxy) is 1. The highest BCUT2D eigenvalue weighted by atomic mass is 32.1. The number of halogens is 1. The van der Waals surface area contributed by atoms with Crippen LogP contribution in [0.25, 0.3) is 22.6 Å². The van der Waals surface area contributed by atoms with E-state index in [4.69, 9.17) is 9.15 Å². The Morgan fingerprint density at radius 2 is 1.97 bits per heavy atom. The van der Waals surface area contributed by atoms with Gasteiger partial charge in [-0.3, -0.25) is 4.79 Å². The first-order valence-electron chi connectivity index (χ1n) is 10.2. The number of hydrogen-bond donors (Lipinski definition) is 1. The average Bonchev–Trinajstić information content (AvgIpc) is 3.47. The number of aromatic nitrogens is 2. The van der Waals surface area contributed by atoms with Gasteiger partial charge in [0.1, 0.15) is 5.82 Å². The summed E-state index contributed by atoms with van der Waals surface area (Å²) in [5.41, 5.74) is 3.34. The maximum Gasteiger partial charge on any atom is 0.226 e. The van der Waals surface area contributed by atoms with Crippen LogP contribution in [0.4, 0.5) is 9.52 Å². The van der Waals surface area contributed by atoms with Gasteiger partial charge >= 0.3 is 0 Å². The van der Waals surface area contributed by atoms with E-state index in [9.17, 15) is 9.18 Å². The predicted octanol–water partition coefficient (Wildman–Crippen LogP) is 5.36. The molecule has 0 aliphatic rings. The Morgan fingerprint density at radius 1 is 1.16 bits per heavy atom. The highest BCUT2D eigenvalue weighted by Gasteiger charge is 2.13. The molecule has 0 radical (unpaired) electrons. The third-order valence-corrected chi connectivity index (χ3v) is 5.61. The van der Waals surface area contributed by atoms with Gasteiger partial charge in [-0.15, -0.1) is 11.3 Å². The fourth-order valence-corrected chi connectivity index (χ4v) is 3.88. The van der Waals surface area contributed by atoms with Gasteiger partial charge in [-0.25, -0.2) is 14.4 Å². The van der Waals surface area contributed by atoms with Crippen LogP contribution < -0.4 is 5.32 Å². The van der Waals surface area contributed by atoms with E-state index < -0.39 is 0 Å². The Kier molecular flexibility index (Phi) is 7.03. The van der Waals surface area contributed by atoms with Crippen LogP contribution in [-0.2, 0) is 22.4 Å². The molecule has 6 nitrogen and oxygen atoms in total. The number of aryl methyl sites for hydroxylation is 1. The molecule has 32 heavy (non-hydrogen) atoms. The Bertz CT molecular complexity index is 1190. The summed E-state index contributed by atoms with van der Waals surface area (Å²) in [5, 5.41) is 5.26. The molecule has 0 bridgehead atoms. The first kappa shape index (κ1) is 21.9. The van der Waals surface area contributed by atoms with Gasteiger partial charge in [0.25, 0.3) is 0 Å². The van der Waals surface area contributed by atoms with E-state index in [1.165, 1.54) is 29.2 Å². The summed E-state index contributed by atoms with van der Waals surface area (Å²) >= 11 is 1.37. The van der Waals surface area contributed by atoms with Gasteiger partial charge in [0.15, 0.2) is 16.8 Å². The largest absolute Gasteiger partial charge is 0.441 e. The molecule has 0 atom stereocenters. The van der Waals surface area contributed by atoms with Crippen LogP contribution in [0, 0.1) is 5.82 Å². The number of benzene rings is 2. The van der Waals surface area contributed by atoms with E-state index in [0.717, 1.165) is 17.7 Å². The van der Waals surface area contributed by atoms with Crippen molar-refractivity contribution < 1.29 is 18.3 Å². The molecule has 8 heteroatoms. The third kappa shape index (κ3) is 5.46. The van der Waals surface area contributed by atoms with E-state index in [-0.39, 0.29) is 18.1 Å². The molecule has 1 N–H and O–H groups in total. The zero-order chi connectivity index (χ0) is 22.3. The van der Waals surface area contributed by atoms with Gasteiger partial charge in [0, 0.05) is 30.9 Å². The molecular weight excluding hydrogens is 429 g/mol. The summed E-state index contributed by atoms with van der Waals surface area (Å²) in [6.45, 7) is 0.685. The molecule has 4 rings (SSSR count). The molecule has 2 aromatic carbocycles. The summed E-state index contributed by atoms with van der Waals surface area (Å²) in [5.74, 6) is 0.159. The number of hydrogen-bond acceptors (Lipinski definition) is 6. The van der Waals surface area contributed by atoms with Gasteiger partial charge in [-0.2, -0.15) is 0 Å². The highest BCUT2D eigenvalue weighted by molar-refractivity contribution is 7.14. The number of nitrogens with zero attached hydrogens (tertiary/aromatic N) is 2. The second-order valence-electron chi connectivity index (χ2n) is 7.12.